The monoisotopic (exact) mass is 302 g/mol. The van der Waals surface area contributed by atoms with E-state index in [0.717, 1.165) is 13.0 Å². The van der Waals surface area contributed by atoms with Crippen molar-refractivity contribution >= 4 is 10.0 Å². The van der Waals surface area contributed by atoms with Crippen LogP contribution in [0.3, 0.4) is 0 Å². The summed E-state index contributed by atoms with van der Waals surface area (Å²) in [5, 5.41) is 7.35. The topological polar surface area (TPSA) is 76.0 Å². The Morgan fingerprint density at radius 2 is 1.90 bits per heavy atom. The molecule has 0 aliphatic heterocycles. The smallest absolute Gasteiger partial charge is 0.244 e. The summed E-state index contributed by atoms with van der Waals surface area (Å²) in [6.07, 6.45) is 0.825. The first-order valence-corrected chi connectivity index (χ1v) is 8.46. The van der Waals surface area contributed by atoms with Crippen LogP contribution in [0.1, 0.15) is 31.7 Å². The van der Waals surface area contributed by atoms with Crippen LogP contribution in [0.2, 0.25) is 0 Å². The van der Waals surface area contributed by atoms with Crippen molar-refractivity contribution in [1.29, 1.82) is 0 Å². The van der Waals surface area contributed by atoms with Crippen molar-refractivity contribution in [3.63, 3.8) is 0 Å². The van der Waals surface area contributed by atoms with Gasteiger partial charge in [0, 0.05) is 13.1 Å². The van der Waals surface area contributed by atoms with E-state index in [4.69, 9.17) is 0 Å². The molecule has 0 unspecified atom stereocenters. The number of nitrogens with zero attached hydrogens (tertiary/aromatic N) is 2. The molecule has 116 valence electrons. The Hall–Kier alpha value is -0.920. The van der Waals surface area contributed by atoms with Crippen molar-refractivity contribution in [2.24, 2.45) is 5.92 Å². The molecule has 0 atom stereocenters. The van der Waals surface area contributed by atoms with E-state index in [1.165, 1.54) is 0 Å². The average molecular weight is 302 g/mol. The maximum atomic E-state index is 12.4. The number of rotatable bonds is 8. The molecule has 0 saturated heterocycles. The van der Waals surface area contributed by atoms with E-state index in [1.807, 2.05) is 7.05 Å². The van der Waals surface area contributed by atoms with Gasteiger partial charge in [0.1, 0.15) is 4.90 Å². The molecule has 1 aromatic heterocycles. The van der Waals surface area contributed by atoms with Crippen LogP contribution < -0.4 is 10.0 Å². The molecule has 6 nitrogen and oxygen atoms in total. The third-order valence-electron chi connectivity index (χ3n) is 3.17. The van der Waals surface area contributed by atoms with Gasteiger partial charge in [-0.15, -0.1) is 0 Å². The second-order valence-corrected chi connectivity index (χ2v) is 7.11. The van der Waals surface area contributed by atoms with E-state index in [2.05, 4.69) is 29.0 Å². The van der Waals surface area contributed by atoms with Gasteiger partial charge in [-0.1, -0.05) is 13.8 Å². The first-order valence-electron chi connectivity index (χ1n) is 6.98. The lowest BCUT2D eigenvalue weighted by Crippen LogP contribution is -2.26. The van der Waals surface area contributed by atoms with Crippen LogP contribution in [0.25, 0.3) is 0 Å². The highest BCUT2D eigenvalue weighted by molar-refractivity contribution is 7.89. The van der Waals surface area contributed by atoms with Crippen molar-refractivity contribution in [3.05, 3.63) is 11.4 Å². The van der Waals surface area contributed by atoms with Gasteiger partial charge in [-0.3, -0.25) is 4.68 Å². The van der Waals surface area contributed by atoms with Crippen LogP contribution in [0.4, 0.5) is 0 Å². The summed E-state index contributed by atoms with van der Waals surface area (Å²) >= 11 is 0. The predicted molar refractivity (Wildman–Crippen MR) is 80.3 cm³/mol. The summed E-state index contributed by atoms with van der Waals surface area (Å²) in [7, 11) is -1.62. The van der Waals surface area contributed by atoms with Gasteiger partial charge < -0.3 is 5.32 Å². The minimum Gasteiger partial charge on any atom is -0.318 e. The molecular weight excluding hydrogens is 276 g/mol. The Labute approximate surface area is 122 Å². The van der Waals surface area contributed by atoms with Crippen LogP contribution >= 0.6 is 0 Å². The maximum absolute atomic E-state index is 12.4. The zero-order valence-electron chi connectivity index (χ0n) is 13.0. The van der Waals surface area contributed by atoms with Crippen molar-refractivity contribution < 1.29 is 8.42 Å². The molecule has 0 aliphatic rings. The highest BCUT2D eigenvalue weighted by Crippen LogP contribution is 2.19. The van der Waals surface area contributed by atoms with Gasteiger partial charge >= 0.3 is 0 Å². The van der Waals surface area contributed by atoms with E-state index >= 15 is 0 Å². The predicted octanol–water partition coefficient (Wildman–Crippen LogP) is 1.04. The molecule has 0 saturated carbocycles. The first-order chi connectivity index (χ1) is 9.29. The van der Waals surface area contributed by atoms with Crippen molar-refractivity contribution in [1.82, 2.24) is 19.8 Å². The second kappa shape index (κ2) is 7.19. The SMILES string of the molecule is CNCCn1nc(C)c(S(=O)(=O)NCCC(C)C)c1C. The van der Waals surface area contributed by atoms with E-state index in [0.29, 0.717) is 35.3 Å². The van der Waals surface area contributed by atoms with Crippen LogP contribution in [-0.2, 0) is 16.6 Å². The maximum Gasteiger partial charge on any atom is 0.244 e. The number of hydrogen-bond donors (Lipinski definition) is 2. The molecule has 1 rings (SSSR count). The van der Waals surface area contributed by atoms with E-state index in [-0.39, 0.29) is 0 Å². The molecule has 20 heavy (non-hydrogen) atoms. The third-order valence-corrected chi connectivity index (χ3v) is 4.88. The van der Waals surface area contributed by atoms with E-state index in [1.54, 1.807) is 18.5 Å². The van der Waals surface area contributed by atoms with Crippen LogP contribution in [-0.4, -0.2) is 38.3 Å². The van der Waals surface area contributed by atoms with Crippen LogP contribution in [0, 0.1) is 19.8 Å². The van der Waals surface area contributed by atoms with Crippen molar-refractivity contribution in [2.75, 3.05) is 20.1 Å². The number of nitrogens with one attached hydrogen (secondary N) is 2. The normalized spacial score (nSPS) is 12.3. The van der Waals surface area contributed by atoms with Gasteiger partial charge in [-0.05, 0) is 33.2 Å². The van der Waals surface area contributed by atoms with E-state index < -0.39 is 10.0 Å². The van der Waals surface area contributed by atoms with Gasteiger partial charge in [0.15, 0.2) is 0 Å². The fraction of sp³-hybridized carbons (Fsp3) is 0.769. The standard InChI is InChI=1S/C13H26N4O2S/c1-10(2)6-7-15-20(18,19)13-11(3)16-17(12(13)4)9-8-14-5/h10,14-15H,6-9H2,1-5H3. The Bertz CT molecular complexity index is 535. The molecule has 0 aromatic carbocycles. The average Bonchev–Trinajstić information content (AvgIpc) is 2.61. The third kappa shape index (κ3) is 4.29. The highest BCUT2D eigenvalue weighted by Gasteiger charge is 2.24. The Kier molecular flexibility index (Phi) is 6.16. The minimum atomic E-state index is -3.48. The number of sulfonamides is 1. The molecule has 1 heterocycles. The van der Waals surface area contributed by atoms with Crippen molar-refractivity contribution in [3.8, 4) is 0 Å². The molecule has 1 aromatic rings. The van der Waals surface area contributed by atoms with Crippen LogP contribution in [0.5, 0.6) is 0 Å². The van der Waals surface area contributed by atoms with Gasteiger partial charge in [-0.2, -0.15) is 5.10 Å². The fourth-order valence-electron chi connectivity index (χ4n) is 2.06. The zero-order chi connectivity index (χ0) is 15.3. The van der Waals surface area contributed by atoms with Gasteiger partial charge in [0.05, 0.1) is 17.9 Å². The first kappa shape index (κ1) is 17.1. The Morgan fingerprint density at radius 3 is 2.45 bits per heavy atom. The second-order valence-electron chi connectivity index (χ2n) is 5.41. The lowest BCUT2D eigenvalue weighted by atomic mass is 10.1. The quantitative estimate of drug-likeness (QED) is 0.752. The molecule has 2 N–H and O–H groups in total. The lowest BCUT2D eigenvalue weighted by molar-refractivity contribution is 0.549. The molecule has 0 fully saturated rings. The fourth-order valence-corrected chi connectivity index (χ4v) is 3.51. The van der Waals surface area contributed by atoms with Crippen molar-refractivity contribution in [2.45, 2.75) is 45.6 Å². The molecule has 0 aliphatic carbocycles. The van der Waals surface area contributed by atoms with Gasteiger partial charge in [0.25, 0.3) is 0 Å². The number of hydrogen-bond acceptors (Lipinski definition) is 4. The summed E-state index contributed by atoms with van der Waals surface area (Å²) in [6.45, 7) is 9.54. The summed E-state index contributed by atoms with van der Waals surface area (Å²) < 4.78 is 29.1. The van der Waals surface area contributed by atoms with Crippen LogP contribution in [0.15, 0.2) is 4.90 Å². The van der Waals surface area contributed by atoms with Gasteiger partial charge in [-0.25, -0.2) is 13.1 Å². The largest absolute Gasteiger partial charge is 0.318 e. The number of likely N-dealkylation sites (N-methyl/N-ethyl adjacent to an activating group) is 1. The lowest BCUT2D eigenvalue weighted by Gasteiger charge is -2.09. The number of aryl methyl sites for hydroxylation is 1. The zero-order valence-corrected chi connectivity index (χ0v) is 13.8. The van der Waals surface area contributed by atoms with E-state index in [9.17, 15) is 8.42 Å². The highest BCUT2D eigenvalue weighted by atomic mass is 32.2. The molecule has 0 bridgehead atoms. The summed E-state index contributed by atoms with van der Waals surface area (Å²) in [6, 6.07) is 0. The molecule has 0 radical (unpaired) electrons. The number of aromatic nitrogens is 2. The summed E-state index contributed by atoms with van der Waals surface area (Å²) in [4.78, 5) is 0.317. The van der Waals surface area contributed by atoms with Gasteiger partial charge in [0.2, 0.25) is 10.0 Å². The summed E-state index contributed by atoms with van der Waals surface area (Å²) in [5.74, 6) is 0.471. The minimum absolute atomic E-state index is 0.317. The molecule has 0 amide bonds. The molecule has 7 heteroatoms. The Morgan fingerprint density at radius 1 is 1.25 bits per heavy atom. The molecule has 0 spiro atoms. The molecular formula is C13H26N4O2S. The summed E-state index contributed by atoms with van der Waals surface area (Å²) in [5.41, 5.74) is 1.24. The Balaban J connectivity index is 2.91.